The summed E-state index contributed by atoms with van der Waals surface area (Å²) in [4.78, 5) is 11.7. The third kappa shape index (κ3) is 4.08. The minimum absolute atomic E-state index is 0.154. The topological polar surface area (TPSA) is 81.9 Å². The molecule has 2 heterocycles. The first-order valence-electron chi connectivity index (χ1n) is 6.81. The lowest BCUT2D eigenvalue weighted by Gasteiger charge is -2.07. The van der Waals surface area contributed by atoms with Crippen molar-refractivity contribution in [2.75, 3.05) is 19.0 Å². The maximum atomic E-state index is 11.7. The van der Waals surface area contributed by atoms with Gasteiger partial charge in [0, 0.05) is 19.2 Å². The lowest BCUT2D eigenvalue weighted by atomic mass is 10.3. The highest BCUT2D eigenvalue weighted by molar-refractivity contribution is 7.18. The molecule has 1 unspecified atom stereocenters. The molecule has 0 radical (unpaired) electrons. The van der Waals surface area contributed by atoms with Crippen LogP contribution in [0.15, 0.2) is 16.9 Å². The Bertz CT molecular complexity index is 639. The first-order chi connectivity index (χ1) is 10.1. The molecule has 0 fully saturated rings. The lowest BCUT2D eigenvalue weighted by molar-refractivity contribution is 0.182. The van der Waals surface area contributed by atoms with E-state index in [0.29, 0.717) is 29.9 Å². The smallest absolute Gasteiger partial charge is 0.266 e. The molecule has 0 amide bonds. The number of ether oxygens (including phenoxy) is 1. The molecule has 0 aromatic carbocycles. The van der Waals surface area contributed by atoms with Crippen molar-refractivity contribution in [3.63, 3.8) is 0 Å². The number of nitrogens with zero attached hydrogens (tertiary/aromatic N) is 4. The Morgan fingerprint density at radius 3 is 2.95 bits per heavy atom. The van der Waals surface area contributed by atoms with Crippen LogP contribution < -0.4 is 10.9 Å². The van der Waals surface area contributed by atoms with E-state index >= 15 is 0 Å². The van der Waals surface area contributed by atoms with Crippen LogP contribution in [0.5, 0.6) is 0 Å². The zero-order chi connectivity index (χ0) is 15.2. The summed E-state index contributed by atoms with van der Waals surface area (Å²) in [6.45, 7) is 5.05. The third-order valence-corrected chi connectivity index (χ3v) is 3.88. The third-order valence-electron chi connectivity index (χ3n) is 3.00. The Hall–Kier alpha value is -1.80. The van der Waals surface area contributed by atoms with Crippen molar-refractivity contribution in [1.29, 1.82) is 0 Å². The van der Waals surface area contributed by atoms with E-state index in [1.807, 2.05) is 0 Å². The van der Waals surface area contributed by atoms with E-state index in [1.165, 1.54) is 22.1 Å². The quantitative estimate of drug-likeness (QED) is 0.837. The number of anilines is 1. The van der Waals surface area contributed by atoms with Gasteiger partial charge in [0.2, 0.25) is 5.13 Å². The van der Waals surface area contributed by atoms with E-state index in [4.69, 9.17) is 4.74 Å². The summed E-state index contributed by atoms with van der Waals surface area (Å²) < 4.78 is 6.35. The van der Waals surface area contributed by atoms with Gasteiger partial charge in [-0.05, 0) is 19.4 Å². The van der Waals surface area contributed by atoms with Crippen LogP contribution in [0.3, 0.4) is 0 Å². The molecule has 0 bridgehead atoms. The molecule has 2 rings (SSSR count). The van der Waals surface area contributed by atoms with E-state index in [2.05, 4.69) is 34.5 Å². The molecular formula is C13H19N5O2S. The molecule has 0 aliphatic heterocycles. The number of hydrogen-bond donors (Lipinski definition) is 1. The van der Waals surface area contributed by atoms with Gasteiger partial charge in [0.25, 0.3) is 5.56 Å². The summed E-state index contributed by atoms with van der Waals surface area (Å²) in [6, 6.07) is 3.50. The molecule has 2 aromatic rings. The highest BCUT2D eigenvalue weighted by atomic mass is 32.1. The minimum Gasteiger partial charge on any atom is -0.383 e. The molecule has 0 aliphatic rings. The number of hydrogen-bond acceptors (Lipinski definition) is 7. The van der Waals surface area contributed by atoms with E-state index in [0.717, 1.165) is 11.6 Å². The first-order valence-corrected chi connectivity index (χ1v) is 7.63. The van der Waals surface area contributed by atoms with Gasteiger partial charge in [0.15, 0.2) is 5.01 Å². The largest absolute Gasteiger partial charge is 0.383 e. The van der Waals surface area contributed by atoms with Gasteiger partial charge < -0.3 is 10.1 Å². The van der Waals surface area contributed by atoms with Crippen LogP contribution in [0, 0.1) is 0 Å². The van der Waals surface area contributed by atoms with Gasteiger partial charge in [0.05, 0.1) is 13.2 Å². The van der Waals surface area contributed by atoms with E-state index < -0.39 is 0 Å². The fraction of sp³-hybridized carbons (Fsp3) is 0.538. The molecule has 21 heavy (non-hydrogen) atoms. The molecule has 114 valence electrons. The summed E-state index contributed by atoms with van der Waals surface area (Å²) in [5, 5.41) is 17.2. The Kier molecular flexibility index (Phi) is 5.40. The van der Waals surface area contributed by atoms with Gasteiger partial charge in [-0.2, -0.15) is 5.10 Å². The molecule has 1 atom stereocenters. The van der Waals surface area contributed by atoms with Crippen LogP contribution in [0.25, 0.3) is 10.7 Å². The predicted octanol–water partition coefficient (Wildman–Crippen LogP) is 1.62. The molecule has 2 aromatic heterocycles. The van der Waals surface area contributed by atoms with E-state index in [9.17, 15) is 4.79 Å². The first kappa shape index (κ1) is 15.6. The second-order valence-corrected chi connectivity index (χ2v) is 5.62. The van der Waals surface area contributed by atoms with Crippen molar-refractivity contribution in [2.45, 2.75) is 32.9 Å². The molecule has 0 saturated heterocycles. The van der Waals surface area contributed by atoms with Crippen LogP contribution in [-0.2, 0) is 11.3 Å². The normalized spacial score (nSPS) is 12.3. The Morgan fingerprint density at radius 2 is 2.24 bits per heavy atom. The van der Waals surface area contributed by atoms with E-state index in [-0.39, 0.29) is 5.56 Å². The zero-order valence-electron chi connectivity index (χ0n) is 12.4. The average Bonchev–Trinajstić information content (AvgIpc) is 2.94. The van der Waals surface area contributed by atoms with Gasteiger partial charge >= 0.3 is 0 Å². The molecule has 7 nitrogen and oxygen atoms in total. The van der Waals surface area contributed by atoms with Gasteiger partial charge in [-0.1, -0.05) is 18.3 Å². The van der Waals surface area contributed by atoms with Crippen molar-refractivity contribution >= 4 is 16.5 Å². The summed E-state index contributed by atoms with van der Waals surface area (Å²) in [6.07, 6.45) is 1.01. The highest BCUT2D eigenvalue weighted by Crippen LogP contribution is 2.24. The van der Waals surface area contributed by atoms with Crippen molar-refractivity contribution < 1.29 is 4.74 Å². The van der Waals surface area contributed by atoms with Crippen molar-refractivity contribution in [3.05, 3.63) is 22.5 Å². The fourth-order valence-electron chi connectivity index (χ4n) is 1.60. The number of aromatic nitrogens is 4. The maximum Gasteiger partial charge on any atom is 0.266 e. The van der Waals surface area contributed by atoms with Crippen molar-refractivity contribution in [3.8, 4) is 10.7 Å². The van der Waals surface area contributed by atoms with Gasteiger partial charge in [0.1, 0.15) is 5.69 Å². The summed E-state index contributed by atoms with van der Waals surface area (Å²) >= 11 is 1.43. The number of nitrogens with one attached hydrogen (secondary N) is 1. The van der Waals surface area contributed by atoms with Crippen molar-refractivity contribution in [1.82, 2.24) is 20.0 Å². The van der Waals surface area contributed by atoms with Crippen molar-refractivity contribution in [2.24, 2.45) is 0 Å². The Labute approximate surface area is 127 Å². The molecule has 0 aliphatic carbocycles. The summed E-state index contributed by atoms with van der Waals surface area (Å²) in [7, 11) is 1.59. The molecule has 0 spiro atoms. The van der Waals surface area contributed by atoms with Crippen LogP contribution in [0.1, 0.15) is 20.3 Å². The monoisotopic (exact) mass is 309 g/mol. The average molecular weight is 309 g/mol. The number of rotatable bonds is 7. The summed E-state index contributed by atoms with van der Waals surface area (Å²) in [5.41, 5.74) is 0.485. The van der Waals surface area contributed by atoms with Gasteiger partial charge in [-0.15, -0.1) is 10.2 Å². The van der Waals surface area contributed by atoms with Gasteiger partial charge in [-0.3, -0.25) is 4.79 Å². The minimum atomic E-state index is -0.154. The second-order valence-electron chi connectivity index (χ2n) is 4.64. The number of methoxy groups -OCH3 is 1. The highest BCUT2D eigenvalue weighted by Gasteiger charge is 2.11. The maximum absolute atomic E-state index is 11.7. The second kappa shape index (κ2) is 7.28. The van der Waals surface area contributed by atoms with Crippen LogP contribution >= 0.6 is 11.3 Å². The van der Waals surface area contributed by atoms with Gasteiger partial charge in [-0.25, -0.2) is 4.68 Å². The standard InChI is InChI=1S/C13H19N5O2S/c1-4-9(2)14-13-16-15-12(21-13)10-5-6-11(19)18(17-10)7-8-20-3/h5-6,9H,4,7-8H2,1-3H3,(H,14,16). The lowest BCUT2D eigenvalue weighted by Crippen LogP contribution is -2.24. The zero-order valence-corrected chi connectivity index (χ0v) is 13.2. The SMILES string of the molecule is CCC(C)Nc1nnc(-c2ccc(=O)n(CCOC)n2)s1. The molecule has 0 saturated carbocycles. The van der Waals surface area contributed by atoms with Crippen LogP contribution in [0.2, 0.25) is 0 Å². The Balaban J connectivity index is 2.20. The van der Waals surface area contributed by atoms with Crippen LogP contribution in [-0.4, -0.2) is 39.7 Å². The molecular weight excluding hydrogens is 290 g/mol. The fourth-order valence-corrected chi connectivity index (χ4v) is 2.42. The summed E-state index contributed by atoms with van der Waals surface area (Å²) in [5.74, 6) is 0. The Morgan fingerprint density at radius 1 is 1.43 bits per heavy atom. The van der Waals surface area contributed by atoms with E-state index in [1.54, 1.807) is 13.2 Å². The van der Waals surface area contributed by atoms with Crippen LogP contribution in [0.4, 0.5) is 5.13 Å². The molecule has 1 N–H and O–H groups in total. The molecule has 8 heteroatoms. The predicted molar refractivity (Wildman–Crippen MR) is 82.7 cm³/mol.